The van der Waals surface area contributed by atoms with Gasteiger partial charge >= 0.3 is 6.16 Å². The molecule has 0 aromatic rings. The highest BCUT2D eigenvalue weighted by Crippen LogP contribution is 2.12. The van der Waals surface area contributed by atoms with E-state index in [0.29, 0.717) is 17.6 Å². The normalized spacial score (nSPS) is 15.2. The highest BCUT2D eigenvalue weighted by atomic mass is 16.8. The van der Waals surface area contributed by atoms with Gasteiger partial charge in [0, 0.05) is 19.4 Å². The quantitative estimate of drug-likeness (QED) is 0.394. The van der Waals surface area contributed by atoms with Crippen molar-refractivity contribution in [3.05, 3.63) is 0 Å². The molecule has 0 aromatic heterocycles. The van der Waals surface area contributed by atoms with Crippen molar-refractivity contribution in [1.82, 2.24) is 5.06 Å². The van der Waals surface area contributed by atoms with Crippen molar-refractivity contribution in [2.45, 2.75) is 33.1 Å². The number of carbonyl (C=O) groups excluding carboxylic acids is 3. The third-order valence-corrected chi connectivity index (χ3v) is 2.46. The van der Waals surface area contributed by atoms with Crippen LogP contribution in [0.1, 0.15) is 33.1 Å². The van der Waals surface area contributed by atoms with Crippen LogP contribution in [0, 0.1) is 5.92 Å². The standard InChI is InChI=1S/C12H19NO6/c1-9(2)5-6-17-7-8-18-12(16)19-13-10(14)3-4-11(13)15/h9H,3-8H2,1-2H3. The van der Waals surface area contributed by atoms with E-state index >= 15 is 0 Å². The van der Waals surface area contributed by atoms with Gasteiger partial charge in [-0.1, -0.05) is 18.9 Å². The van der Waals surface area contributed by atoms with Crippen LogP contribution in [-0.4, -0.2) is 42.9 Å². The molecule has 0 radical (unpaired) electrons. The van der Waals surface area contributed by atoms with Gasteiger partial charge in [-0.25, -0.2) is 4.79 Å². The van der Waals surface area contributed by atoms with E-state index in [4.69, 9.17) is 4.74 Å². The van der Waals surface area contributed by atoms with Crippen LogP contribution in [0.5, 0.6) is 0 Å². The zero-order valence-electron chi connectivity index (χ0n) is 11.2. The van der Waals surface area contributed by atoms with Crippen LogP contribution in [0.2, 0.25) is 0 Å². The second-order valence-electron chi connectivity index (χ2n) is 4.57. The Morgan fingerprint density at radius 1 is 1.16 bits per heavy atom. The second-order valence-corrected chi connectivity index (χ2v) is 4.57. The second kappa shape index (κ2) is 7.73. The SMILES string of the molecule is CC(C)CCOCCOC(=O)ON1C(=O)CCC1=O. The lowest BCUT2D eigenvalue weighted by molar-refractivity contribution is -0.177. The molecule has 0 N–H and O–H groups in total. The summed E-state index contributed by atoms with van der Waals surface area (Å²) in [6.07, 6.45) is -0.0214. The molecular formula is C12H19NO6. The largest absolute Gasteiger partial charge is 0.534 e. The number of rotatable bonds is 7. The van der Waals surface area contributed by atoms with Gasteiger partial charge in [-0.15, -0.1) is 0 Å². The molecular weight excluding hydrogens is 254 g/mol. The third kappa shape index (κ3) is 5.69. The van der Waals surface area contributed by atoms with Gasteiger partial charge in [0.05, 0.1) is 6.61 Å². The minimum absolute atomic E-state index is 0.0210. The Hall–Kier alpha value is -1.63. The summed E-state index contributed by atoms with van der Waals surface area (Å²) in [6, 6.07) is 0. The molecule has 19 heavy (non-hydrogen) atoms. The lowest BCUT2D eigenvalue weighted by atomic mass is 10.1. The molecule has 1 aliphatic heterocycles. The van der Waals surface area contributed by atoms with E-state index in [0.717, 1.165) is 6.42 Å². The van der Waals surface area contributed by atoms with Gasteiger partial charge in [-0.2, -0.15) is 0 Å². The van der Waals surface area contributed by atoms with Crippen molar-refractivity contribution in [2.75, 3.05) is 19.8 Å². The summed E-state index contributed by atoms with van der Waals surface area (Å²) in [7, 11) is 0. The van der Waals surface area contributed by atoms with Gasteiger partial charge in [0.15, 0.2) is 0 Å². The molecule has 0 atom stereocenters. The maximum atomic E-state index is 11.2. The maximum Gasteiger partial charge on any atom is 0.534 e. The van der Waals surface area contributed by atoms with Crippen LogP contribution in [-0.2, 0) is 23.9 Å². The summed E-state index contributed by atoms with van der Waals surface area (Å²) in [5, 5.41) is 0.446. The predicted molar refractivity (Wildman–Crippen MR) is 63.8 cm³/mol. The molecule has 0 unspecified atom stereocenters. The molecule has 108 valence electrons. The van der Waals surface area contributed by atoms with Crippen LogP contribution in [0.25, 0.3) is 0 Å². The molecule has 2 amide bonds. The highest BCUT2D eigenvalue weighted by Gasteiger charge is 2.33. The molecule has 1 heterocycles. The fraction of sp³-hybridized carbons (Fsp3) is 0.750. The van der Waals surface area contributed by atoms with Crippen molar-refractivity contribution < 1.29 is 28.7 Å². The fourth-order valence-corrected chi connectivity index (χ4v) is 1.36. The average molecular weight is 273 g/mol. The summed E-state index contributed by atoms with van der Waals surface area (Å²) in [5.41, 5.74) is 0. The van der Waals surface area contributed by atoms with Crippen molar-refractivity contribution in [3.63, 3.8) is 0 Å². The Balaban J connectivity index is 2.08. The summed E-state index contributed by atoms with van der Waals surface area (Å²) in [5.74, 6) is -0.511. The van der Waals surface area contributed by atoms with E-state index in [1.54, 1.807) is 0 Å². The first-order chi connectivity index (χ1) is 9.00. The maximum absolute atomic E-state index is 11.2. The van der Waals surface area contributed by atoms with E-state index in [1.165, 1.54) is 0 Å². The van der Waals surface area contributed by atoms with Gasteiger partial charge < -0.3 is 9.47 Å². The number of imide groups is 1. The molecule has 1 aliphatic rings. The van der Waals surface area contributed by atoms with Crippen LogP contribution >= 0.6 is 0 Å². The molecule has 0 bridgehead atoms. The average Bonchev–Trinajstić information content (AvgIpc) is 2.65. The monoisotopic (exact) mass is 273 g/mol. The van der Waals surface area contributed by atoms with Crippen LogP contribution < -0.4 is 0 Å². The fourth-order valence-electron chi connectivity index (χ4n) is 1.36. The van der Waals surface area contributed by atoms with Gasteiger partial charge in [0.2, 0.25) is 0 Å². The van der Waals surface area contributed by atoms with Crippen LogP contribution in [0.4, 0.5) is 4.79 Å². The van der Waals surface area contributed by atoms with Gasteiger partial charge in [-0.3, -0.25) is 14.4 Å². The summed E-state index contributed by atoms with van der Waals surface area (Å²) < 4.78 is 9.90. The predicted octanol–water partition coefficient (Wildman–Crippen LogP) is 1.27. The number of hydrogen-bond acceptors (Lipinski definition) is 6. The van der Waals surface area contributed by atoms with Crippen molar-refractivity contribution in [2.24, 2.45) is 5.92 Å². The van der Waals surface area contributed by atoms with E-state index in [9.17, 15) is 14.4 Å². The van der Waals surface area contributed by atoms with E-state index in [1.807, 2.05) is 0 Å². The molecule has 0 spiro atoms. The molecule has 0 aromatic carbocycles. The summed E-state index contributed by atoms with van der Waals surface area (Å²) in [6.45, 7) is 5.04. The molecule has 0 aliphatic carbocycles. The number of hydrogen-bond donors (Lipinski definition) is 0. The number of carbonyl (C=O) groups is 3. The van der Waals surface area contributed by atoms with Crippen LogP contribution in [0.3, 0.4) is 0 Å². The van der Waals surface area contributed by atoms with Gasteiger partial charge in [0.1, 0.15) is 6.61 Å². The number of nitrogens with zero attached hydrogens (tertiary/aromatic N) is 1. The zero-order valence-corrected chi connectivity index (χ0v) is 11.2. The van der Waals surface area contributed by atoms with E-state index in [2.05, 4.69) is 23.4 Å². The first kappa shape index (κ1) is 15.4. The van der Waals surface area contributed by atoms with Gasteiger partial charge in [0.25, 0.3) is 11.8 Å². The summed E-state index contributed by atoms with van der Waals surface area (Å²) in [4.78, 5) is 38.0. The Kier molecular flexibility index (Phi) is 6.27. The lowest BCUT2D eigenvalue weighted by Gasteiger charge is -2.12. The first-order valence-corrected chi connectivity index (χ1v) is 6.29. The highest BCUT2D eigenvalue weighted by molar-refractivity contribution is 6.01. The number of ether oxygens (including phenoxy) is 2. The lowest BCUT2D eigenvalue weighted by Crippen LogP contribution is -2.32. The first-order valence-electron chi connectivity index (χ1n) is 6.29. The third-order valence-electron chi connectivity index (χ3n) is 2.46. The van der Waals surface area contributed by atoms with Crippen molar-refractivity contribution >= 4 is 18.0 Å². The minimum Gasteiger partial charge on any atom is -0.430 e. The Morgan fingerprint density at radius 3 is 2.37 bits per heavy atom. The Labute approximate surface area is 111 Å². The number of amides is 2. The molecule has 1 rings (SSSR count). The Bertz CT molecular complexity index is 325. The minimum atomic E-state index is -1.07. The molecule has 7 heteroatoms. The van der Waals surface area contributed by atoms with Crippen molar-refractivity contribution in [3.8, 4) is 0 Å². The molecule has 1 saturated heterocycles. The molecule has 0 saturated carbocycles. The van der Waals surface area contributed by atoms with E-state index < -0.39 is 18.0 Å². The van der Waals surface area contributed by atoms with E-state index in [-0.39, 0.29) is 26.1 Å². The summed E-state index contributed by atoms with van der Waals surface area (Å²) >= 11 is 0. The van der Waals surface area contributed by atoms with Crippen LogP contribution in [0.15, 0.2) is 0 Å². The van der Waals surface area contributed by atoms with Crippen molar-refractivity contribution in [1.29, 1.82) is 0 Å². The Morgan fingerprint density at radius 2 is 1.79 bits per heavy atom. The topological polar surface area (TPSA) is 82.1 Å². The van der Waals surface area contributed by atoms with Gasteiger partial charge in [-0.05, 0) is 12.3 Å². The molecule has 1 fully saturated rings. The number of hydroxylamine groups is 2. The molecule has 7 nitrogen and oxygen atoms in total. The zero-order chi connectivity index (χ0) is 14.3. The smallest absolute Gasteiger partial charge is 0.430 e.